The Bertz CT molecular complexity index is 1890. The van der Waals surface area contributed by atoms with Crippen LogP contribution in [0.15, 0.2) is 114 Å². The second-order valence-electron chi connectivity index (χ2n) is 10.2. The Labute approximate surface area is 271 Å². The number of hydrogen-bond donors (Lipinski definition) is 4. The number of amides is 3. The molecular weight excluding hydrogens is 600 g/mol. The predicted octanol–water partition coefficient (Wildman–Crippen LogP) is 7.10. The van der Waals surface area contributed by atoms with Gasteiger partial charge in [-0.3, -0.25) is 14.4 Å². The largest absolute Gasteiger partial charge is 0.497 e. The maximum atomic E-state index is 13.7. The summed E-state index contributed by atoms with van der Waals surface area (Å²) >= 11 is 1.38. The lowest BCUT2D eigenvalue weighted by atomic mass is 10.1. The smallest absolute Gasteiger partial charge is 0.272 e. The van der Waals surface area contributed by atoms with Crippen LogP contribution in [0.2, 0.25) is 0 Å². The molecule has 0 spiro atoms. The van der Waals surface area contributed by atoms with Gasteiger partial charge in [0.2, 0.25) is 5.91 Å². The highest BCUT2D eigenvalue weighted by Crippen LogP contribution is 2.32. The van der Waals surface area contributed by atoms with E-state index in [1.165, 1.54) is 18.9 Å². The lowest BCUT2D eigenvalue weighted by Gasteiger charge is -2.17. The summed E-state index contributed by atoms with van der Waals surface area (Å²) in [6, 6.07) is 28.9. The van der Waals surface area contributed by atoms with Gasteiger partial charge in [-0.2, -0.15) is 0 Å². The van der Waals surface area contributed by atoms with Crippen LogP contribution in [-0.2, 0) is 9.59 Å². The number of ether oxygens (including phenoxy) is 2. The molecule has 46 heavy (non-hydrogen) atoms. The molecule has 10 heteroatoms. The molecule has 3 amide bonds. The second-order valence-corrected chi connectivity index (χ2v) is 11.5. The van der Waals surface area contributed by atoms with Gasteiger partial charge in [0.15, 0.2) is 0 Å². The second kappa shape index (κ2) is 15.0. The first-order chi connectivity index (χ1) is 22.4. The quantitative estimate of drug-likeness (QED) is 0.0858. The molecule has 4 aromatic carbocycles. The van der Waals surface area contributed by atoms with E-state index in [-0.39, 0.29) is 11.6 Å². The first-order valence-electron chi connectivity index (χ1n) is 14.6. The predicted molar refractivity (Wildman–Crippen MR) is 183 cm³/mol. The highest BCUT2D eigenvalue weighted by atomic mass is 32.2. The molecule has 234 valence electrons. The van der Waals surface area contributed by atoms with Crippen LogP contribution in [0.4, 0.5) is 11.4 Å². The Morgan fingerprint density at radius 3 is 2.41 bits per heavy atom. The number of rotatable bonds is 12. The third-order valence-corrected chi connectivity index (χ3v) is 8.51. The third-order valence-electron chi connectivity index (χ3n) is 7.15. The monoisotopic (exact) mass is 634 g/mol. The highest BCUT2D eigenvalue weighted by Gasteiger charge is 2.21. The van der Waals surface area contributed by atoms with E-state index >= 15 is 0 Å². The molecule has 0 radical (unpaired) electrons. The zero-order valence-electron chi connectivity index (χ0n) is 25.6. The molecule has 0 aliphatic rings. The van der Waals surface area contributed by atoms with Crippen LogP contribution in [-0.4, -0.2) is 42.2 Å². The molecule has 5 aromatic rings. The van der Waals surface area contributed by atoms with Crippen LogP contribution >= 0.6 is 11.8 Å². The Kier molecular flexibility index (Phi) is 10.4. The molecule has 0 saturated heterocycles. The van der Waals surface area contributed by atoms with Gasteiger partial charge in [-0.05, 0) is 61.0 Å². The zero-order valence-corrected chi connectivity index (χ0v) is 26.4. The van der Waals surface area contributed by atoms with Gasteiger partial charge < -0.3 is 30.4 Å². The van der Waals surface area contributed by atoms with Gasteiger partial charge in [0.1, 0.15) is 17.2 Å². The molecule has 0 aliphatic carbocycles. The van der Waals surface area contributed by atoms with Crippen LogP contribution in [0.3, 0.4) is 0 Å². The van der Waals surface area contributed by atoms with E-state index in [0.717, 1.165) is 21.4 Å². The van der Waals surface area contributed by atoms with Crippen molar-refractivity contribution in [2.24, 2.45) is 0 Å². The van der Waals surface area contributed by atoms with Gasteiger partial charge in [0, 0.05) is 44.9 Å². The van der Waals surface area contributed by atoms with Crippen molar-refractivity contribution in [3.8, 4) is 11.5 Å². The molecule has 5 rings (SSSR count). The van der Waals surface area contributed by atoms with Crippen molar-refractivity contribution < 1.29 is 23.9 Å². The molecule has 0 aliphatic heterocycles. The number of aromatic nitrogens is 1. The number of methoxy groups -OCH3 is 2. The molecule has 4 N–H and O–H groups in total. The Hall–Kier alpha value is -5.48. The number of fused-ring (bicyclic) bond motifs is 1. The van der Waals surface area contributed by atoms with Crippen molar-refractivity contribution in [1.82, 2.24) is 10.3 Å². The Morgan fingerprint density at radius 1 is 0.870 bits per heavy atom. The van der Waals surface area contributed by atoms with Crippen molar-refractivity contribution in [2.75, 3.05) is 24.9 Å². The number of hydrogen-bond acceptors (Lipinski definition) is 6. The lowest BCUT2D eigenvalue weighted by Crippen LogP contribution is -2.30. The van der Waals surface area contributed by atoms with Gasteiger partial charge in [-0.25, -0.2) is 0 Å². The average molecular weight is 635 g/mol. The molecule has 0 saturated carbocycles. The minimum Gasteiger partial charge on any atom is -0.497 e. The fourth-order valence-corrected chi connectivity index (χ4v) is 5.78. The van der Waals surface area contributed by atoms with Gasteiger partial charge in [-0.15, -0.1) is 11.8 Å². The SMILES string of the molecule is CCC(Sc1cccc(NC(=O)/C(=C/c2c[nH]c3ccccc23)NC(=O)c2ccccc2)c1)C(=O)Nc1cc(OC)ccc1OC. The van der Waals surface area contributed by atoms with Crippen LogP contribution in [0, 0.1) is 0 Å². The standard InChI is InChI=1S/C36H34N4O5S/c1-4-33(36(43)39-30-21-26(44-2)17-18-32(30)45-3)46-27-14-10-13-25(20-27)38-35(42)31(40-34(41)23-11-6-5-7-12-23)19-24-22-37-29-16-9-8-15-28(24)29/h5-22,33,37H,4H2,1-3H3,(H,38,42)(H,39,43)(H,40,41)/b31-19-. The number of carbonyl (C=O) groups excluding carboxylic acids is 3. The third kappa shape index (κ3) is 7.77. The number of carbonyl (C=O) groups is 3. The highest BCUT2D eigenvalue weighted by molar-refractivity contribution is 8.00. The Balaban J connectivity index is 1.34. The summed E-state index contributed by atoms with van der Waals surface area (Å²) in [7, 11) is 3.10. The normalized spacial score (nSPS) is 11.8. The van der Waals surface area contributed by atoms with Gasteiger partial charge in [-0.1, -0.05) is 49.4 Å². The maximum Gasteiger partial charge on any atom is 0.272 e. The van der Waals surface area contributed by atoms with Gasteiger partial charge >= 0.3 is 0 Å². The zero-order chi connectivity index (χ0) is 32.5. The van der Waals surface area contributed by atoms with Crippen molar-refractivity contribution in [3.63, 3.8) is 0 Å². The number of benzene rings is 4. The number of thioether (sulfide) groups is 1. The van der Waals surface area contributed by atoms with Crippen LogP contribution < -0.4 is 25.4 Å². The molecule has 0 fully saturated rings. The van der Waals surface area contributed by atoms with E-state index in [1.54, 1.807) is 80.0 Å². The first-order valence-corrected chi connectivity index (χ1v) is 15.5. The van der Waals surface area contributed by atoms with Crippen molar-refractivity contribution in [1.29, 1.82) is 0 Å². The number of para-hydroxylation sites is 1. The lowest BCUT2D eigenvalue weighted by molar-refractivity contribution is -0.116. The van der Waals surface area contributed by atoms with E-state index in [9.17, 15) is 14.4 Å². The van der Waals surface area contributed by atoms with Crippen molar-refractivity contribution in [2.45, 2.75) is 23.5 Å². The minimum atomic E-state index is -0.494. The molecule has 1 heterocycles. The van der Waals surface area contributed by atoms with Crippen LogP contribution in [0.5, 0.6) is 11.5 Å². The summed E-state index contributed by atoms with van der Waals surface area (Å²) in [5.41, 5.74) is 3.19. The van der Waals surface area contributed by atoms with E-state index in [0.29, 0.717) is 34.9 Å². The fraction of sp³-hybridized carbons (Fsp3) is 0.139. The first kappa shape index (κ1) is 31.9. The van der Waals surface area contributed by atoms with E-state index in [4.69, 9.17) is 9.47 Å². The number of anilines is 2. The van der Waals surface area contributed by atoms with E-state index < -0.39 is 17.1 Å². The Morgan fingerprint density at radius 2 is 1.65 bits per heavy atom. The summed E-state index contributed by atoms with van der Waals surface area (Å²) in [6.07, 6.45) is 4.00. The molecule has 9 nitrogen and oxygen atoms in total. The summed E-state index contributed by atoms with van der Waals surface area (Å²) in [5.74, 6) is 0.0242. The fourth-order valence-electron chi connectivity index (χ4n) is 4.77. The average Bonchev–Trinajstić information content (AvgIpc) is 3.49. The van der Waals surface area contributed by atoms with Crippen molar-refractivity contribution >= 4 is 57.8 Å². The van der Waals surface area contributed by atoms with Crippen LogP contribution in [0.25, 0.3) is 17.0 Å². The molecule has 0 bridgehead atoms. The maximum absolute atomic E-state index is 13.7. The summed E-state index contributed by atoms with van der Waals surface area (Å²) in [5, 5.41) is 9.13. The molecular formula is C36H34N4O5S. The topological polar surface area (TPSA) is 122 Å². The molecule has 1 unspecified atom stereocenters. The summed E-state index contributed by atoms with van der Waals surface area (Å²) in [4.78, 5) is 44.0. The molecule has 1 atom stereocenters. The van der Waals surface area contributed by atoms with Gasteiger partial charge in [0.25, 0.3) is 11.8 Å². The van der Waals surface area contributed by atoms with Gasteiger partial charge in [0.05, 0.1) is 25.2 Å². The molecule has 1 aromatic heterocycles. The minimum absolute atomic E-state index is 0.0784. The summed E-state index contributed by atoms with van der Waals surface area (Å²) in [6.45, 7) is 1.93. The van der Waals surface area contributed by atoms with Crippen LogP contribution in [0.1, 0.15) is 29.3 Å². The number of nitrogens with one attached hydrogen (secondary N) is 4. The van der Waals surface area contributed by atoms with E-state index in [1.807, 2.05) is 43.3 Å². The number of aromatic amines is 1. The van der Waals surface area contributed by atoms with E-state index in [2.05, 4.69) is 20.9 Å². The number of H-pyrrole nitrogens is 1. The summed E-state index contributed by atoms with van der Waals surface area (Å²) < 4.78 is 10.7. The van der Waals surface area contributed by atoms with Crippen molar-refractivity contribution in [3.05, 3.63) is 120 Å².